The van der Waals surface area contributed by atoms with E-state index in [0.717, 1.165) is 0 Å². The number of rotatable bonds is 8. The van der Waals surface area contributed by atoms with Crippen molar-refractivity contribution >= 4 is 5.97 Å². The van der Waals surface area contributed by atoms with Crippen LogP contribution in [-0.2, 0) is 0 Å². The summed E-state index contributed by atoms with van der Waals surface area (Å²) in [7, 11) is 0. The van der Waals surface area contributed by atoms with Crippen molar-refractivity contribution in [3.8, 4) is 22.6 Å². The van der Waals surface area contributed by atoms with Crippen LogP contribution in [0, 0.1) is 52.4 Å². The van der Waals surface area contributed by atoms with Crippen molar-refractivity contribution in [1.82, 2.24) is 0 Å². The summed E-state index contributed by atoms with van der Waals surface area (Å²) >= 11 is 0. The van der Waals surface area contributed by atoms with E-state index in [1.165, 1.54) is 38.1 Å². The third-order valence-electron chi connectivity index (χ3n) is 5.10. The number of carboxylic acids is 1. The molecule has 13 heteroatoms. The zero-order chi connectivity index (χ0) is 27.8. The SMILES string of the molecule is CC(CC(C)Oc1c(F)c(F)c(-c2c(F)c(F)c(F)c(F)c2F)c(F)c1F)Oc1ccc(C(=O)O)cc1. The van der Waals surface area contributed by atoms with Gasteiger partial charge in [-0.2, -0.15) is 8.78 Å². The Kier molecular flexibility index (Phi) is 7.94. The van der Waals surface area contributed by atoms with E-state index in [-0.39, 0.29) is 17.7 Å². The fourth-order valence-electron chi connectivity index (χ4n) is 3.43. The smallest absolute Gasteiger partial charge is 0.335 e. The molecule has 1 N–H and O–H groups in total. The molecule has 0 aliphatic rings. The van der Waals surface area contributed by atoms with Gasteiger partial charge in [0.05, 0.1) is 28.9 Å². The maximum atomic E-state index is 14.6. The highest BCUT2D eigenvalue weighted by atomic mass is 19.2. The van der Waals surface area contributed by atoms with E-state index in [1.807, 2.05) is 0 Å². The number of carbonyl (C=O) groups is 1. The average molecular weight is 538 g/mol. The molecule has 0 aliphatic carbocycles. The quantitative estimate of drug-likeness (QED) is 0.192. The maximum absolute atomic E-state index is 14.6. The predicted octanol–water partition coefficient (Wildman–Crippen LogP) is 6.93. The molecule has 2 atom stereocenters. The van der Waals surface area contributed by atoms with E-state index in [1.54, 1.807) is 0 Å². The van der Waals surface area contributed by atoms with E-state index < -0.39 is 87.4 Å². The second-order valence-electron chi connectivity index (χ2n) is 7.83. The van der Waals surface area contributed by atoms with Gasteiger partial charge < -0.3 is 14.6 Å². The van der Waals surface area contributed by atoms with Crippen LogP contribution in [0.15, 0.2) is 24.3 Å². The zero-order valence-electron chi connectivity index (χ0n) is 18.7. The molecule has 0 aromatic heterocycles. The minimum atomic E-state index is -2.66. The summed E-state index contributed by atoms with van der Waals surface area (Å²) in [5.41, 5.74) is -4.36. The van der Waals surface area contributed by atoms with Gasteiger partial charge in [-0.15, -0.1) is 0 Å². The summed E-state index contributed by atoms with van der Waals surface area (Å²) in [6.45, 7) is 2.73. The predicted molar refractivity (Wildman–Crippen MR) is 110 cm³/mol. The van der Waals surface area contributed by atoms with Crippen LogP contribution in [0.4, 0.5) is 39.5 Å². The van der Waals surface area contributed by atoms with Crippen molar-refractivity contribution in [2.45, 2.75) is 32.5 Å². The highest BCUT2D eigenvalue weighted by Crippen LogP contribution is 2.40. The third kappa shape index (κ3) is 5.30. The molecule has 0 aliphatic heterocycles. The number of hydrogen-bond donors (Lipinski definition) is 1. The van der Waals surface area contributed by atoms with Crippen LogP contribution >= 0.6 is 0 Å². The molecule has 2 unspecified atom stereocenters. The summed E-state index contributed by atoms with van der Waals surface area (Å²) in [4.78, 5) is 10.9. The van der Waals surface area contributed by atoms with Crippen LogP contribution in [0.3, 0.4) is 0 Å². The number of ether oxygens (including phenoxy) is 2. The molecule has 0 fully saturated rings. The first kappa shape index (κ1) is 27.7. The van der Waals surface area contributed by atoms with Crippen LogP contribution in [-0.4, -0.2) is 23.3 Å². The summed E-state index contributed by atoms with van der Waals surface area (Å²) < 4.78 is 137. The second-order valence-corrected chi connectivity index (χ2v) is 7.83. The van der Waals surface area contributed by atoms with E-state index in [9.17, 15) is 44.3 Å². The lowest BCUT2D eigenvalue weighted by Crippen LogP contribution is -2.24. The molecule has 0 heterocycles. The van der Waals surface area contributed by atoms with Crippen molar-refractivity contribution in [3.63, 3.8) is 0 Å². The highest BCUT2D eigenvalue weighted by molar-refractivity contribution is 5.87. The first-order valence-corrected chi connectivity index (χ1v) is 10.3. The standard InChI is InChI=1S/C24H15F9O4/c1-8(36-11-5-3-10(4-6-11)24(34)35)7-9(2)37-23-21(32)16(27)13(17(28)22(23)33)12-14(25)18(29)20(31)19(30)15(12)26/h3-6,8-9H,7H2,1-2H3,(H,34,35). The number of aromatic carboxylic acids is 1. The van der Waals surface area contributed by atoms with Crippen molar-refractivity contribution < 1.29 is 58.9 Å². The topological polar surface area (TPSA) is 55.8 Å². The van der Waals surface area contributed by atoms with Crippen molar-refractivity contribution in [1.29, 1.82) is 0 Å². The molecule has 3 aromatic carbocycles. The van der Waals surface area contributed by atoms with Gasteiger partial charge in [-0.1, -0.05) is 0 Å². The molecule has 3 aromatic rings. The van der Waals surface area contributed by atoms with Crippen LogP contribution in [0.2, 0.25) is 0 Å². The molecule has 0 amide bonds. The Hall–Kier alpha value is -3.90. The lowest BCUT2D eigenvalue weighted by molar-refractivity contribution is 0.0696. The first-order valence-electron chi connectivity index (χ1n) is 10.3. The lowest BCUT2D eigenvalue weighted by atomic mass is 10.0. The van der Waals surface area contributed by atoms with Gasteiger partial charge in [0, 0.05) is 6.42 Å². The van der Waals surface area contributed by atoms with Crippen LogP contribution in [0.25, 0.3) is 11.1 Å². The maximum Gasteiger partial charge on any atom is 0.335 e. The Morgan fingerprint density at radius 2 is 1.03 bits per heavy atom. The number of hydrogen-bond acceptors (Lipinski definition) is 3. The van der Waals surface area contributed by atoms with Crippen molar-refractivity contribution in [2.75, 3.05) is 0 Å². The molecule has 0 radical (unpaired) electrons. The zero-order valence-corrected chi connectivity index (χ0v) is 18.7. The van der Waals surface area contributed by atoms with Gasteiger partial charge in [0.1, 0.15) is 5.75 Å². The molecule has 37 heavy (non-hydrogen) atoms. The molecular formula is C24H15F9O4. The second kappa shape index (κ2) is 10.6. The average Bonchev–Trinajstić information content (AvgIpc) is 2.85. The summed E-state index contributed by atoms with van der Waals surface area (Å²) in [5, 5.41) is 8.89. The molecule has 3 rings (SSSR count). The van der Waals surface area contributed by atoms with Gasteiger partial charge in [-0.25, -0.2) is 35.5 Å². The Bertz CT molecular complexity index is 1300. The molecule has 0 bridgehead atoms. The van der Waals surface area contributed by atoms with Gasteiger partial charge in [0.25, 0.3) is 0 Å². The van der Waals surface area contributed by atoms with Crippen LogP contribution < -0.4 is 9.47 Å². The Labute approximate surface area is 202 Å². The third-order valence-corrected chi connectivity index (χ3v) is 5.10. The largest absolute Gasteiger partial charge is 0.491 e. The number of benzene rings is 3. The van der Waals surface area contributed by atoms with Crippen molar-refractivity contribution in [2.24, 2.45) is 0 Å². The Morgan fingerprint density at radius 3 is 1.46 bits per heavy atom. The summed E-state index contributed by atoms with van der Waals surface area (Å²) in [6.07, 6.45) is -2.06. The normalized spacial score (nSPS) is 12.8. The minimum Gasteiger partial charge on any atom is -0.491 e. The fraction of sp³-hybridized carbons (Fsp3) is 0.208. The Balaban J connectivity index is 1.87. The minimum absolute atomic E-state index is 0.0129. The molecule has 0 saturated carbocycles. The number of carboxylic acid groups (broad SMARTS) is 1. The van der Waals surface area contributed by atoms with Gasteiger partial charge >= 0.3 is 5.97 Å². The summed E-state index contributed by atoms with van der Waals surface area (Å²) in [6, 6.07) is 5.20. The summed E-state index contributed by atoms with van der Waals surface area (Å²) in [5.74, 6) is -25.2. The van der Waals surface area contributed by atoms with E-state index >= 15 is 0 Å². The fourth-order valence-corrected chi connectivity index (χ4v) is 3.43. The first-order chi connectivity index (χ1) is 17.3. The van der Waals surface area contributed by atoms with Crippen LogP contribution in [0.5, 0.6) is 11.5 Å². The monoisotopic (exact) mass is 538 g/mol. The molecule has 0 spiro atoms. The molecule has 0 saturated heterocycles. The van der Waals surface area contributed by atoms with Crippen molar-refractivity contribution in [3.05, 3.63) is 82.2 Å². The number of halogens is 9. The van der Waals surface area contributed by atoms with Gasteiger partial charge in [0.2, 0.25) is 17.5 Å². The lowest BCUT2D eigenvalue weighted by Gasteiger charge is -2.21. The highest BCUT2D eigenvalue weighted by Gasteiger charge is 2.35. The molecule has 198 valence electrons. The van der Waals surface area contributed by atoms with Gasteiger partial charge in [0.15, 0.2) is 40.7 Å². The van der Waals surface area contributed by atoms with E-state index in [2.05, 4.69) is 0 Å². The molecular weight excluding hydrogens is 523 g/mol. The van der Waals surface area contributed by atoms with Gasteiger partial charge in [-0.3, -0.25) is 0 Å². The van der Waals surface area contributed by atoms with E-state index in [4.69, 9.17) is 14.6 Å². The molecule has 4 nitrogen and oxygen atoms in total. The Morgan fingerprint density at radius 1 is 0.649 bits per heavy atom. The van der Waals surface area contributed by atoms with Crippen LogP contribution in [0.1, 0.15) is 30.6 Å². The van der Waals surface area contributed by atoms with Gasteiger partial charge in [-0.05, 0) is 38.1 Å². The van der Waals surface area contributed by atoms with E-state index in [0.29, 0.717) is 0 Å².